The SMILES string of the molecule is Cc1cccc(N2CCN(CC(=O)Nc3ccccc3Br)CC2)c1C. The van der Waals surface area contributed by atoms with Gasteiger partial charge in [-0.25, -0.2) is 0 Å². The molecular weight excluding hydrogens is 378 g/mol. The summed E-state index contributed by atoms with van der Waals surface area (Å²) in [5, 5.41) is 2.98. The van der Waals surface area contributed by atoms with Crippen LogP contribution in [0.15, 0.2) is 46.9 Å². The standard InChI is InChI=1S/C20H24BrN3O/c1-15-6-5-9-19(16(15)2)24-12-10-23(11-13-24)14-20(25)22-18-8-4-3-7-17(18)21/h3-9H,10-14H2,1-2H3,(H,22,25). The Bertz CT molecular complexity index is 754. The molecule has 2 aromatic rings. The van der Waals surface area contributed by atoms with Crippen LogP contribution in [-0.2, 0) is 4.79 Å². The van der Waals surface area contributed by atoms with Gasteiger partial charge in [-0.2, -0.15) is 0 Å². The van der Waals surface area contributed by atoms with Crippen LogP contribution in [0.3, 0.4) is 0 Å². The number of nitrogens with zero attached hydrogens (tertiary/aromatic N) is 2. The van der Waals surface area contributed by atoms with Crippen molar-refractivity contribution in [2.24, 2.45) is 0 Å². The molecule has 0 radical (unpaired) electrons. The number of amides is 1. The van der Waals surface area contributed by atoms with Gasteiger partial charge in [0.25, 0.3) is 0 Å². The second kappa shape index (κ2) is 8.02. The van der Waals surface area contributed by atoms with E-state index in [9.17, 15) is 4.79 Å². The summed E-state index contributed by atoms with van der Waals surface area (Å²) in [6.07, 6.45) is 0. The molecule has 1 aliphatic rings. The first-order valence-electron chi connectivity index (χ1n) is 8.62. The molecule has 0 unspecified atom stereocenters. The van der Waals surface area contributed by atoms with Gasteiger partial charge >= 0.3 is 0 Å². The molecule has 1 saturated heterocycles. The number of anilines is 2. The summed E-state index contributed by atoms with van der Waals surface area (Å²) >= 11 is 3.46. The van der Waals surface area contributed by atoms with Gasteiger partial charge in [0.05, 0.1) is 12.2 Å². The van der Waals surface area contributed by atoms with E-state index in [1.165, 1.54) is 16.8 Å². The lowest BCUT2D eigenvalue weighted by Gasteiger charge is -2.36. The Morgan fingerprint density at radius 3 is 2.48 bits per heavy atom. The molecular formula is C20H24BrN3O. The number of para-hydroxylation sites is 1. The smallest absolute Gasteiger partial charge is 0.238 e. The van der Waals surface area contributed by atoms with Crippen LogP contribution in [0.2, 0.25) is 0 Å². The number of carbonyl (C=O) groups excluding carboxylic acids is 1. The summed E-state index contributed by atoms with van der Waals surface area (Å²) in [6.45, 7) is 8.47. The Balaban J connectivity index is 1.53. The van der Waals surface area contributed by atoms with Crippen LogP contribution in [0.1, 0.15) is 11.1 Å². The third kappa shape index (κ3) is 4.41. The summed E-state index contributed by atoms with van der Waals surface area (Å²) in [5.41, 5.74) is 4.81. The van der Waals surface area contributed by atoms with Crippen LogP contribution in [0.25, 0.3) is 0 Å². The predicted octanol–water partition coefficient (Wildman–Crippen LogP) is 3.83. The van der Waals surface area contributed by atoms with Crippen molar-refractivity contribution in [3.63, 3.8) is 0 Å². The Morgan fingerprint density at radius 1 is 1.04 bits per heavy atom. The molecule has 3 rings (SSSR count). The van der Waals surface area contributed by atoms with Crippen LogP contribution in [0.5, 0.6) is 0 Å². The van der Waals surface area contributed by atoms with Crippen molar-refractivity contribution < 1.29 is 4.79 Å². The van der Waals surface area contributed by atoms with Crippen molar-refractivity contribution in [3.8, 4) is 0 Å². The van der Waals surface area contributed by atoms with E-state index >= 15 is 0 Å². The zero-order valence-corrected chi connectivity index (χ0v) is 16.3. The third-order valence-corrected chi connectivity index (χ3v) is 5.50. The molecule has 132 valence electrons. The minimum atomic E-state index is 0.0343. The molecule has 2 aromatic carbocycles. The number of aryl methyl sites for hydroxylation is 1. The quantitative estimate of drug-likeness (QED) is 0.845. The zero-order chi connectivity index (χ0) is 17.8. The average Bonchev–Trinajstić information content (AvgIpc) is 2.60. The number of benzene rings is 2. The normalized spacial score (nSPS) is 15.2. The lowest BCUT2D eigenvalue weighted by Crippen LogP contribution is -2.48. The van der Waals surface area contributed by atoms with E-state index in [0.29, 0.717) is 6.54 Å². The van der Waals surface area contributed by atoms with Crippen LogP contribution < -0.4 is 10.2 Å². The molecule has 1 heterocycles. The molecule has 5 heteroatoms. The molecule has 0 aromatic heterocycles. The van der Waals surface area contributed by atoms with Crippen molar-refractivity contribution in [1.82, 2.24) is 4.90 Å². The van der Waals surface area contributed by atoms with E-state index in [0.717, 1.165) is 36.3 Å². The van der Waals surface area contributed by atoms with Gasteiger partial charge in [0.1, 0.15) is 0 Å². The van der Waals surface area contributed by atoms with Gasteiger partial charge in [0.2, 0.25) is 5.91 Å². The first-order valence-corrected chi connectivity index (χ1v) is 9.42. The van der Waals surface area contributed by atoms with Crippen LogP contribution in [0, 0.1) is 13.8 Å². The van der Waals surface area contributed by atoms with Gasteiger partial charge in [-0.3, -0.25) is 9.69 Å². The number of carbonyl (C=O) groups is 1. The lowest BCUT2D eigenvalue weighted by molar-refractivity contribution is -0.117. The molecule has 1 fully saturated rings. The summed E-state index contributed by atoms with van der Waals surface area (Å²) in [5.74, 6) is 0.0343. The van der Waals surface area contributed by atoms with Crippen LogP contribution >= 0.6 is 15.9 Å². The molecule has 25 heavy (non-hydrogen) atoms. The topological polar surface area (TPSA) is 35.6 Å². The monoisotopic (exact) mass is 401 g/mol. The van der Waals surface area contributed by atoms with Crippen molar-refractivity contribution in [2.75, 3.05) is 42.9 Å². The van der Waals surface area contributed by atoms with E-state index in [4.69, 9.17) is 0 Å². The minimum Gasteiger partial charge on any atom is -0.369 e. The average molecular weight is 402 g/mol. The first kappa shape index (κ1) is 18.0. The maximum absolute atomic E-state index is 12.3. The molecule has 0 spiro atoms. The van der Waals surface area contributed by atoms with Crippen molar-refractivity contribution in [3.05, 3.63) is 58.1 Å². The summed E-state index contributed by atoms with van der Waals surface area (Å²) in [6, 6.07) is 14.2. The zero-order valence-electron chi connectivity index (χ0n) is 14.8. The number of halogens is 1. The molecule has 4 nitrogen and oxygen atoms in total. The minimum absolute atomic E-state index is 0.0343. The molecule has 1 amide bonds. The molecule has 0 bridgehead atoms. The molecule has 0 saturated carbocycles. The van der Waals surface area contributed by atoms with Crippen LogP contribution in [-0.4, -0.2) is 43.5 Å². The Kier molecular flexibility index (Phi) is 5.76. The highest BCUT2D eigenvalue weighted by Crippen LogP contribution is 2.24. The molecule has 1 N–H and O–H groups in total. The van der Waals surface area contributed by atoms with Crippen molar-refractivity contribution in [2.45, 2.75) is 13.8 Å². The second-order valence-corrected chi connectivity index (χ2v) is 7.36. The third-order valence-electron chi connectivity index (χ3n) is 4.80. The van der Waals surface area contributed by atoms with Gasteiger partial charge in [0.15, 0.2) is 0 Å². The maximum atomic E-state index is 12.3. The van der Waals surface area contributed by atoms with Gasteiger partial charge in [0, 0.05) is 36.3 Å². The van der Waals surface area contributed by atoms with E-state index in [1.807, 2.05) is 24.3 Å². The summed E-state index contributed by atoms with van der Waals surface area (Å²) in [7, 11) is 0. The molecule has 1 aliphatic heterocycles. The fraction of sp³-hybridized carbons (Fsp3) is 0.350. The molecule has 0 atom stereocenters. The van der Waals surface area contributed by atoms with Gasteiger partial charge in [-0.05, 0) is 59.1 Å². The highest BCUT2D eigenvalue weighted by atomic mass is 79.9. The van der Waals surface area contributed by atoms with E-state index in [2.05, 4.69) is 63.1 Å². The second-order valence-electron chi connectivity index (χ2n) is 6.51. The summed E-state index contributed by atoms with van der Waals surface area (Å²) < 4.78 is 0.906. The van der Waals surface area contributed by atoms with Gasteiger partial charge in [-0.1, -0.05) is 24.3 Å². The fourth-order valence-corrected chi connectivity index (χ4v) is 3.56. The Labute approximate surface area is 158 Å². The first-order chi connectivity index (χ1) is 12.0. The van der Waals surface area contributed by atoms with Gasteiger partial charge in [-0.15, -0.1) is 0 Å². The fourth-order valence-electron chi connectivity index (χ4n) is 3.18. The predicted molar refractivity (Wildman–Crippen MR) is 107 cm³/mol. The number of nitrogens with one attached hydrogen (secondary N) is 1. The van der Waals surface area contributed by atoms with E-state index in [-0.39, 0.29) is 5.91 Å². The largest absolute Gasteiger partial charge is 0.369 e. The van der Waals surface area contributed by atoms with E-state index < -0.39 is 0 Å². The summed E-state index contributed by atoms with van der Waals surface area (Å²) in [4.78, 5) is 16.9. The highest BCUT2D eigenvalue weighted by molar-refractivity contribution is 9.10. The maximum Gasteiger partial charge on any atom is 0.238 e. The van der Waals surface area contributed by atoms with Gasteiger partial charge < -0.3 is 10.2 Å². The van der Waals surface area contributed by atoms with E-state index in [1.54, 1.807) is 0 Å². The number of piperazine rings is 1. The number of hydrogen-bond donors (Lipinski definition) is 1. The lowest BCUT2D eigenvalue weighted by atomic mass is 10.1. The van der Waals surface area contributed by atoms with Crippen LogP contribution in [0.4, 0.5) is 11.4 Å². The van der Waals surface area contributed by atoms with Crippen molar-refractivity contribution in [1.29, 1.82) is 0 Å². The highest BCUT2D eigenvalue weighted by Gasteiger charge is 2.20. The number of rotatable bonds is 4. The molecule has 0 aliphatic carbocycles. The Morgan fingerprint density at radius 2 is 1.76 bits per heavy atom. The van der Waals surface area contributed by atoms with Crippen molar-refractivity contribution >= 4 is 33.2 Å². The number of hydrogen-bond acceptors (Lipinski definition) is 3. The Hall–Kier alpha value is -1.85.